The van der Waals surface area contributed by atoms with E-state index in [1.807, 2.05) is 18.3 Å². The first-order valence-corrected chi connectivity index (χ1v) is 7.47. The molecule has 0 saturated heterocycles. The average molecular weight is 287 g/mol. The summed E-state index contributed by atoms with van der Waals surface area (Å²) in [4.78, 5) is 4.44. The van der Waals surface area contributed by atoms with Crippen molar-refractivity contribution in [1.82, 2.24) is 14.9 Å². The molecule has 0 aliphatic heterocycles. The van der Waals surface area contributed by atoms with E-state index >= 15 is 0 Å². The molecule has 1 aromatic heterocycles. The summed E-state index contributed by atoms with van der Waals surface area (Å²) in [6.45, 7) is 8.19. The van der Waals surface area contributed by atoms with Gasteiger partial charge in [0.15, 0.2) is 0 Å². The quantitative estimate of drug-likeness (QED) is 0.851. The van der Waals surface area contributed by atoms with Crippen molar-refractivity contribution in [2.45, 2.75) is 46.3 Å². The van der Waals surface area contributed by atoms with Gasteiger partial charge in [0, 0.05) is 25.3 Å². The molecule has 0 spiro atoms. The molecule has 0 fully saturated rings. The lowest BCUT2D eigenvalue weighted by Gasteiger charge is -2.13. The minimum atomic E-state index is 0.482. The summed E-state index contributed by atoms with van der Waals surface area (Å²) in [5.41, 5.74) is 2.56. The molecule has 21 heavy (non-hydrogen) atoms. The molecule has 0 saturated carbocycles. The average Bonchev–Trinajstić information content (AvgIpc) is 2.84. The van der Waals surface area contributed by atoms with Gasteiger partial charge in [-0.25, -0.2) is 4.98 Å². The molecule has 0 aliphatic carbocycles. The maximum atomic E-state index is 5.19. The van der Waals surface area contributed by atoms with Gasteiger partial charge in [0.1, 0.15) is 11.6 Å². The van der Waals surface area contributed by atoms with Crippen molar-refractivity contribution in [2.75, 3.05) is 7.11 Å². The predicted octanol–water partition coefficient (Wildman–Crippen LogP) is 2.94. The first-order chi connectivity index (χ1) is 10.1. The number of hydrogen-bond donors (Lipinski definition) is 1. The van der Waals surface area contributed by atoms with Gasteiger partial charge in [0.25, 0.3) is 0 Å². The molecule has 0 atom stereocenters. The van der Waals surface area contributed by atoms with Crippen molar-refractivity contribution in [3.8, 4) is 5.75 Å². The second kappa shape index (κ2) is 7.27. The summed E-state index contributed by atoms with van der Waals surface area (Å²) in [5, 5.41) is 3.45. The fourth-order valence-electron chi connectivity index (χ4n) is 2.30. The Morgan fingerprint density at radius 2 is 1.95 bits per heavy atom. The van der Waals surface area contributed by atoms with E-state index in [1.165, 1.54) is 11.3 Å². The Morgan fingerprint density at radius 1 is 1.24 bits per heavy atom. The van der Waals surface area contributed by atoms with Crippen molar-refractivity contribution >= 4 is 0 Å². The molecule has 2 rings (SSSR count). The number of rotatable bonds is 7. The van der Waals surface area contributed by atoms with Crippen LogP contribution in [0.1, 0.15) is 30.9 Å². The number of nitrogens with one attached hydrogen (secondary N) is 1. The molecule has 114 valence electrons. The monoisotopic (exact) mass is 287 g/mol. The number of ether oxygens (including phenoxy) is 1. The summed E-state index contributed by atoms with van der Waals surface area (Å²) in [6.07, 6.45) is 2.97. The minimum absolute atomic E-state index is 0.482. The molecular formula is C17H25N3O. The van der Waals surface area contributed by atoms with Gasteiger partial charge >= 0.3 is 0 Å². The van der Waals surface area contributed by atoms with E-state index in [9.17, 15) is 0 Å². The van der Waals surface area contributed by atoms with Crippen LogP contribution in [0.2, 0.25) is 0 Å². The van der Waals surface area contributed by atoms with Crippen LogP contribution in [0.3, 0.4) is 0 Å². The highest BCUT2D eigenvalue weighted by Crippen LogP contribution is 2.13. The topological polar surface area (TPSA) is 39.1 Å². The highest BCUT2D eigenvalue weighted by Gasteiger charge is 2.07. The van der Waals surface area contributed by atoms with Crippen molar-refractivity contribution in [3.63, 3.8) is 0 Å². The fourth-order valence-corrected chi connectivity index (χ4v) is 2.30. The van der Waals surface area contributed by atoms with Crippen molar-refractivity contribution in [1.29, 1.82) is 0 Å². The normalized spacial score (nSPS) is 11.1. The Morgan fingerprint density at radius 3 is 2.57 bits per heavy atom. The van der Waals surface area contributed by atoms with Crippen LogP contribution in [0.4, 0.5) is 0 Å². The highest BCUT2D eigenvalue weighted by molar-refractivity contribution is 5.27. The number of imidazole rings is 1. The Balaban J connectivity index is 1.99. The van der Waals surface area contributed by atoms with E-state index in [0.717, 1.165) is 31.1 Å². The number of aryl methyl sites for hydroxylation is 2. The summed E-state index contributed by atoms with van der Waals surface area (Å²) in [5.74, 6) is 1.98. The summed E-state index contributed by atoms with van der Waals surface area (Å²) >= 11 is 0. The third-order valence-corrected chi connectivity index (χ3v) is 3.61. The predicted molar refractivity (Wildman–Crippen MR) is 85.6 cm³/mol. The molecule has 1 heterocycles. The van der Waals surface area contributed by atoms with Gasteiger partial charge in [-0.2, -0.15) is 0 Å². The van der Waals surface area contributed by atoms with Gasteiger partial charge in [0.2, 0.25) is 0 Å². The molecule has 1 N–H and O–H groups in total. The molecule has 0 unspecified atom stereocenters. The largest absolute Gasteiger partial charge is 0.497 e. The van der Waals surface area contributed by atoms with Gasteiger partial charge in [-0.05, 0) is 31.0 Å². The van der Waals surface area contributed by atoms with E-state index in [1.54, 1.807) is 7.11 Å². The summed E-state index contributed by atoms with van der Waals surface area (Å²) < 4.78 is 7.48. The highest BCUT2D eigenvalue weighted by atomic mass is 16.5. The standard InChI is InChI=1S/C17H25N3O/c1-13(2)18-11-16-12-19-14(3)20(16)10-9-15-5-7-17(21-4)8-6-15/h5-8,12-13,18H,9-11H2,1-4H3. The van der Waals surface area contributed by atoms with Crippen LogP contribution in [-0.4, -0.2) is 22.7 Å². The zero-order valence-electron chi connectivity index (χ0n) is 13.4. The summed E-state index contributed by atoms with van der Waals surface area (Å²) in [7, 11) is 1.69. The smallest absolute Gasteiger partial charge is 0.118 e. The molecule has 2 aromatic rings. The lowest BCUT2D eigenvalue weighted by molar-refractivity contribution is 0.414. The maximum absolute atomic E-state index is 5.19. The lowest BCUT2D eigenvalue weighted by atomic mass is 10.1. The third kappa shape index (κ3) is 4.33. The van der Waals surface area contributed by atoms with E-state index < -0.39 is 0 Å². The molecule has 1 aromatic carbocycles. The van der Waals surface area contributed by atoms with Gasteiger partial charge in [-0.15, -0.1) is 0 Å². The van der Waals surface area contributed by atoms with Crippen molar-refractivity contribution < 1.29 is 4.74 Å². The zero-order chi connectivity index (χ0) is 15.2. The first kappa shape index (κ1) is 15.6. The molecule has 0 bridgehead atoms. The zero-order valence-corrected chi connectivity index (χ0v) is 13.4. The number of methoxy groups -OCH3 is 1. The first-order valence-electron chi connectivity index (χ1n) is 7.47. The van der Waals surface area contributed by atoms with Crippen LogP contribution >= 0.6 is 0 Å². The number of hydrogen-bond acceptors (Lipinski definition) is 3. The van der Waals surface area contributed by atoms with E-state index in [4.69, 9.17) is 4.74 Å². The minimum Gasteiger partial charge on any atom is -0.497 e. The Labute approximate surface area is 127 Å². The molecule has 0 radical (unpaired) electrons. The Bertz CT molecular complexity index is 558. The Kier molecular flexibility index (Phi) is 5.39. The van der Waals surface area contributed by atoms with E-state index in [0.29, 0.717) is 6.04 Å². The SMILES string of the molecule is COc1ccc(CCn2c(CNC(C)C)cnc2C)cc1. The van der Waals surface area contributed by atoms with Crippen molar-refractivity contribution in [3.05, 3.63) is 47.5 Å². The molecule has 4 nitrogen and oxygen atoms in total. The van der Waals surface area contributed by atoms with Gasteiger partial charge in [-0.3, -0.25) is 0 Å². The van der Waals surface area contributed by atoms with Gasteiger partial charge in [-0.1, -0.05) is 26.0 Å². The second-order valence-corrected chi connectivity index (χ2v) is 5.58. The van der Waals surface area contributed by atoms with Crippen LogP contribution in [0, 0.1) is 6.92 Å². The maximum Gasteiger partial charge on any atom is 0.118 e. The van der Waals surface area contributed by atoms with Crippen LogP contribution in [0.15, 0.2) is 30.5 Å². The van der Waals surface area contributed by atoms with Crippen molar-refractivity contribution in [2.24, 2.45) is 0 Å². The van der Waals surface area contributed by atoms with E-state index in [-0.39, 0.29) is 0 Å². The van der Waals surface area contributed by atoms with Crippen LogP contribution < -0.4 is 10.1 Å². The molecular weight excluding hydrogens is 262 g/mol. The second-order valence-electron chi connectivity index (χ2n) is 5.58. The molecule has 4 heteroatoms. The van der Waals surface area contributed by atoms with Crippen LogP contribution in [0.25, 0.3) is 0 Å². The van der Waals surface area contributed by atoms with Crippen LogP contribution in [-0.2, 0) is 19.5 Å². The van der Waals surface area contributed by atoms with E-state index in [2.05, 4.69) is 47.8 Å². The summed E-state index contributed by atoms with van der Waals surface area (Å²) in [6, 6.07) is 8.75. The van der Waals surface area contributed by atoms with Gasteiger partial charge in [0.05, 0.1) is 12.8 Å². The van der Waals surface area contributed by atoms with Gasteiger partial charge < -0.3 is 14.6 Å². The lowest BCUT2D eigenvalue weighted by Crippen LogP contribution is -2.23. The molecule has 0 amide bonds. The van der Waals surface area contributed by atoms with Crippen LogP contribution in [0.5, 0.6) is 5.75 Å². The number of nitrogens with zero attached hydrogens (tertiary/aromatic N) is 2. The Hall–Kier alpha value is -1.81. The fraction of sp³-hybridized carbons (Fsp3) is 0.471. The number of benzene rings is 1. The third-order valence-electron chi connectivity index (χ3n) is 3.61. The number of aromatic nitrogens is 2. The molecule has 0 aliphatic rings.